The van der Waals surface area contributed by atoms with Crippen LogP contribution in [0.1, 0.15) is 52.4 Å². The zero-order valence-electron chi connectivity index (χ0n) is 12.3. The largest absolute Gasteiger partial charge is 0.353 e. The van der Waals surface area contributed by atoms with Crippen LogP contribution in [-0.2, 0) is 4.79 Å². The van der Waals surface area contributed by atoms with Gasteiger partial charge in [-0.25, -0.2) is 0 Å². The highest BCUT2D eigenvalue weighted by atomic mass is 16.2. The van der Waals surface area contributed by atoms with Crippen molar-refractivity contribution in [3.8, 4) is 0 Å². The summed E-state index contributed by atoms with van der Waals surface area (Å²) in [6.07, 6.45) is 7.57. The van der Waals surface area contributed by atoms with Crippen LogP contribution in [-0.4, -0.2) is 18.0 Å². The molecule has 4 aliphatic rings. The lowest BCUT2D eigenvalue weighted by molar-refractivity contribution is -0.138. The fourth-order valence-electron chi connectivity index (χ4n) is 5.31. The van der Waals surface area contributed by atoms with Crippen LogP contribution in [0.5, 0.6) is 0 Å². The third-order valence-electron chi connectivity index (χ3n) is 5.64. The van der Waals surface area contributed by atoms with Gasteiger partial charge in [-0.3, -0.25) is 4.79 Å². The number of hydrogen-bond acceptors (Lipinski definition) is 2. The maximum Gasteiger partial charge on any atom is 0.223 e. The first-order valence-corrected chi connectivity index (χ1v) is 8.09. The van der Waals surface area contributed by atoms with Crippen molar-refractivity contribution in [2.45, 2.75) is 64.5 Å². The van der Waals surface area contributed by atoms with E-state index in [4.69, 9.17) is 5.73 Å². The Kier molecular flexibility index (Phi) is 3.59. The van der Waals surface area contributed by atoms with Gasteiger partial charge in [0.15, 0.2) is 0 Å². The molecule has 0 heterocycles. The summed E-state index contributed by atoms with van der Waals surface area (Å²) >= 11 is 0. The summed E-state index contributed by atoms with van der Waals surface area (Å²) in [4.78, 5) is 12.6. The summed E-state index contributed by atoms with van der Waals surface area (Å²) in [7, 11) is 0. The predicted molar refractivity (Wildman–Crippen MR) is 76.4 cm³/mol. The Bertz CT molecular complexity index is 325. The number of carbonyl (C=O) groups is 1. The molecule has 0 saturated heterocycles. The molecule has 4 aliphatic carbocycles. The van der Waals surface area contributed by atoms with E-state index in [1.807, 2.05) is 6.92 Å². The van der Waals surface area contributed by atoms with E-state index in [9.17, 15) is 4.79 Å². The molecule has 4 bridgehead atoms. The number of nitrogens with two attached hydrogens (primary N) is 1. The lowest BCUT2D eigenvalue weighted by Crippen LogP contribution is -2.52. The summed E-state index contributed by atoms with van der Waals surface area (Å²) < 4.78 is 0. The van der Waals surface area contributed by atoms with Crippen molar-refractivity contribution in [3.05, 3.63) is 0 Å². The Morgan fingerprint density at radius 3 is 2.11 bits per heavy atom. The van der Waals surface area contributed by atoms with Gasteiger partial charge in [-0.1, -0.05) is 0 Å². The van der Waals surface area contributed by atoms with Gasteiger partial charge >= 0.3 is 0 Å². The zero-order chi connectivity index (χ0) is 13.6. The lowest BCUT2D eigenvalue weighted by Gasteiger charge is -2.53. The number of carbonyl (C=O) groups excluding carboxylic acids is 1. The van der Waals surface area contributed by atoms with E-state index in [2.05, 4.69) is 12.2 Å². The molecule has 2 atom stereocenters. The molecule has 4 fully saturated rings. The summed E-state index contributed by atoms with van der Waals surface area (Å²) in [5.74, 6) is 3.86. The molecule has 3 N–H and O–H groups in total. The first-order valence-electron chi connectivity index (χ1n) is 8.09. The average Bonchev–Trinajstić information content (AvgIpc) is 2.25. The molecule has 0 aromatic rings. The second-order valence-corrected chi connectivity index (χ2v) is 7.58. The molecule has 19 heavy (non-hydrogen) atoms. The zero-order valence-corrected chi connectivity index (χ0v) is 12.3. The van der Waals surface area contributed by atoms with Crippen molar-refractivity contribution in [3.63, 3.8) is 0 Å². The van der Waals surface area contributed by atoms with Crippen LogP contribution in [0.25, 0.3) is 0 Å². The van der Waals surface area contributed by atoms with Gasteiger partial charge < -0.3 is 11.1 Å². The van der Waals surface area contributed by atoms with E-state index in [0.717, 1.165) is 18.3 Å². The number of amides is 1. The molecule has 3 nitrogen and oxygen atoms in total. The second-order valence-electron chi connectivity index (χ2n) is 7.58. The quantitative estimate of drug-likeness (QED) is 0.818. The number of hydrogen-bond donors (Lipinski definition) is 2. The third kappa shape index (κ3) is 2.67. The summed E-state index contributed by atoms with van der Waals surface area (Å²) in [6, 6.07) is 0.374. The van der Waals surface area contributed by atoms with E-state index in [0.29, 0.717) is 23.7 Å². The minimum absolute atomic E-state index is 0.161. The van der Waals surface area contributed by atoms with E-state index >= 15 is 0 Å². The SMILES string of the molecule is CC(N)CC(C)NC(=O)C1C2CC3CC(C2)CC1C3. The Hall–Kier alpha value is -0.570. The van der Waals surface area contributed by atoms with Gasteiger partial charge in [0.05, 0.1) is 0 Å². The van der Waals surface area contributed by atoms with Crippen LogP contribution in [0.3, 0.4) is 0 Å². The summed E-state index contributed by atoms with van der Waals surface area (Å²) in [6.45, 7) is 4.09. The van der Waals surface area contributed by atoms with Crippen LogP contribution in [0.15, 0.2) is 0 Å². The fraction of sp³-hybridized carbons (Fsp3) is 0.938. The molecule has 0 radical (unpaired) electrons. The van der Waals surface area contributed by atoms with Crippen molar-refractivity contribution in [1.82, 2.24) is 5.32 Å². The normalized spacial score (nSPS) is 43.0. The predicted octanol–water partition coefficient (Wildman–Crippen LogP) is 2.30. The van der Waals surface area contributed by atoms with Gasteiger partial charge in [-0.2, -0.15) is 0 Å². The average molecular weight is 264 g/mol. The van der Waals surface area contributed by atoms with E-state index in [1.165, 1.54) is 32.1 Å². The van der Waals surface area contributed by atoms with Gasteiger partial charge in [0.2, 0.25) is 5.91 Å². The van der Waals surface area contributed by atoms with Crippen molar-refractivity contribution >= 4 is 5.91 Å². The molecule has 108 valence electrons. The smallest absolute Gasteiger partial charge is 0.223 e. The Balaban J connectivity index is 1.61. The molecule has 4 saturated carbocycles. The molecule has 0 aliphatic heterocycles. The van der Waals surface area contributed by atoms with Crippen molar-refractivity contribution in [2.24, 2.45) is 35.3 Å². The van der Waals surface area contributed by atoms with Gasteiger partial charge in [0.1, 0.15) is 0 Å². The minimum atomic E-state index is 0.161. The Morgan fingerprint density at radius 1 is 1.11 bits per heavy atom. The van der Waals surface area contributed by atoms with E-state index < -0.39 is 0 Å². The molecule has 0 spiro atoms. The molecule has 1 amide bonds. The van der Waals surface area contributed by atoms with Gasteiger partial charge in [-0.05, 0) is 76.0 Å². The third-order valence-corrected chi connectivity index (χ3v) is 5.64. The van der Waals surface area contributed by atoms with Gasteiger partial charge in [0.25, 0.3) is 0 Å². The molecule has 3 heteroatoms. The minimum Gasteiger partial charge on any atom is -0.353 e. The van der Waals surface area contributed by atoms with E-state index in [-0.39, 0.29) is 12.1 Å². The molecular weight excluding hydrogens is 236 g/mol. The maximum atomic E-state index is 12.6. The van der Waals surface area contributed by atoms with Crippen LogP contribution in [0.2, 0.25) is 0 Å². The van der Waals surface area contributed by atoms with Crippen molar-refractivity contribution in [1.29, 1.82) is 0 Å². The summed E-state index contributed by atoms with van der Waals surface area (Å²) in [5, 5.41) is 3.22. The van der Waals surface area contributed by atoms with Crippen LogP contribution in [0, 0.1) is 29.6 Å². The highest BCUT2D eigenvalue weighted by molar-refractivity contribution is 5.80. The van der Waals surface area contributed by atoms with Crippen LogP contribution >= 0.6 is 0 Å². The van der Waals surface area contributed by atoms with Crippen molar-refractivity contribution < 1.29 is 4.79 Å². The monoisotopic (exact) mass is 264 g/mol. The second kappa shape index (κ2) is 5.08. The highest BCUT2D eigenvalue weighted by Crippen LogP contribution is 2.56. The molecule has 0 aromatic carbocycles. The molecule has 2 unspecified atom stereocenters. The Morgan fingerprint density at radius 2 is 1.63 bits per heavy atom. The highest BCUT2D eigenvalue weighted by Gasteiger charge is 2.50. The topological polar surface area (TPSA) is 55.1 Å². The Labute approximate surface area is 116 Å². The van der Waals surface area contributed by atoms with E-state index in [1.54, 1.807) is 0 Å². The van der Waals surface area contributed by atoms with Gasteiger partial charge in [0, 0.05) is 18.0 Å². The standard InChI is InChI=1S/C16H28N2O/c1-9(17)3-10(2)18-16(19)15-13-5-11-4-12(7-13)8-14(15)6-11/h9-15H,3-8,17H2,1-2H3,(H,18,19). The van der Waals surface area contributed by atoms with Crippen LogP contribution < -0.4 is 11.1 Å². The van der Waals surface area contributed by atoms with Crippen molar-refractivity contribution in [2.75, 3.05) is 0 Å². The van der Waals surface area contributed by atoms with Crippen LogP contribution in [0.4, 0.5) is 0 Å². The maximum absolute atomic E-state index is 12.6. The molecule has 4 rings (SSSR count). The molecule has 0 aromatic heterocycles. The molecular formula is C16H28N2O. The first kappa shape index (κ1) is 13.4. The first-order chi connectivity index (χ1) is 9.02. The van der Waals surface area contributed by atoms with Gasteiger partial charge in [-0.15, -0.1) is 0 Å². The summed E-state index contributed by atoms with van der Waals surface area (Å²) in [5.41, 5.74) is 5.81. The fourth-order valence-corrected chi connectivity index (χ4v) is 5.31. The number of nitrogens with one attached hydrogen (secondary N) is 1. The number of rotatable bonds is 4. The lowest BCUT2D eigenvalue weighted by atomic mass is 9.51.